The van der Waals surface area contributed by atoms with Gasteiger partial charge in [-0.05, 0) is 30.0 Å². The summed E-state index contributed by atoms with van der Waals surface area (Å²) in [6, 6.07) is 7.11. The van der Waals surface area contributed by atoms with Crippen molar-refractivity contribution in [2.75, 3.05) is 11.6 Å². The Labute approximate surface area is 103 Å². The molecule has 0 heterocycles. The monoisotopic (exact) mass is 260 g/mol. The van der Waals surface area contributed by atoms with Crippen molar-refractivity contribution in [3.05, 3.63) is 29.8 Å². The molecular formula is C12H17ClO2S. The first-order chi connectivity index (χ1) is 7.51. The first kappa shape index (κ1) is 13.5. The standard InChI is InChI=1S/C12H17ClO2S/c1-3-16(14,15)12-6-4-11(5-7-12)10(2)8-9-13/h4-7,10H,3,8-9H2,1-2H3. The highest BCUT2D eigenvalue weighted by molar-refractivity contribution is 7.91. The van der Waals surface area contributed by atoms with Crippen LogP contribution in [0.1, 0.15) is 31.7 Å². The molecule has 0 bridgehead atoms. The van der Waals surface area contributed by atoms with Gasteiger partial charge in [0.1, 0.15) is 0 Å². The Balaban J connectivity index is 2.91. The van der Waals surface area contributed by atoms with Gasteiger partial charge in [-0.2, -0.15) is 0 Å². The Kier molecular flexibility index (Phi) is 4.81. The molecule has 0 N–H and O–H groups in total. The van der Waals surface area contributed by atoms with Crippen LogP contribution < -0.4 is 0 Å². The van der Waals surface area contributed by atoms with E-state index < -0.39 is 9.84 Å². The second-order valence-corrected chi connectivity index (χ2v) is 6.51. The van der Waals surface area contributed by atoms with Gasteiger partial charge < -0.3 is 0 Å². The fourth-order valence-electron chi connectivity index (χ4n) is 1.50. The molecule has 0 fully saturated rings. The van der Waals surface area contributed by atoms with Crippen LogP contribution in [-0.2, 0) is 9.84 Å². The third kappa shape index (κ3) is 3.22. The van der Waals surface area contributed by atoms with Crippen LogP contribution in [0.4, 0.5) is 0 Å². The van der Waals surface area contributed by atoms with Gasteiger partial charge in [-0.3, -0.25) is 0 Å². The SMILES string of the molecule is CCS(=O)(=O)c1ccc(C(C)CCCl)cc1. The fraction of sp³-hybridized carbons (Fsp3) is 0.500. The van der Waals surface area contributed by atoms with Crippen molar-refractivity contribution in [3.8, 4) is 0 Å². The fourth-order valence-corrected chi connectivity index (χ4v) is 2.71. The zero-order chi connectivity index (χ0) is 12.2. The van der Waals surface area contributed by atoms with E-state index in [9.17, 15) is 8.42 Å². The minimum atomic E-state index is -3.08. The minimum absolute atomic E-state index is 0.142. The molecule has 0 saturated carbocycles. The van der Waals surface area contributed by atoms with Crippen molar-refractivity contribution in [1.29, 1.82) is 0 Å². The number of halogens is 1. The Morgan fingerprint density at radius 2 is 1.81 bits per heavy atom. The van der Waals surface area contributed by atoms with E-state index in [1.807, 2.05) is 12.1 Å². The van der Waals surface area contributed by atoms with Gasteiger partial charge in [0.2, 0.25) is 0 Å². The number of alkyl halides is 1. The zero-order valence-corrected chi connectivity index (χ0v) is 11.2. The summed E-state index contributed by atoms with van der Waals surface area (Å²) in [5, 5.41) is 0. The highest BCUT2D eigenvalue weighted by atomic mass is 35.5. The molecule has 0 amide bonds. The van der Waals surface area contributed by atoms with E-state index in [1.54, 1.807) is 19.1 Å². The molecule has 2 nitrogen and oxygen atoms in total. The number of hydrogen-bond donors (Lipinski definition) is 0. The quantitative estimate of drug-likeness (QED) is 0.762. The zero-order valence-electron chi connectivity index (χ0n) is 9.61. The Morgan fingerprint density at radius 3 is 2.25 bits per heavy atom. The van der Waals surface area contributed by atoms with Gasteiger partial charge in [0.05, 0.1) is 10.6 Å². The van der Waals surface area contributed by atoms with Crippen LogP contribution in [0.3, 0.4) is 0 Å². The molecule has 1 unspecified atom stereocenters. The second-order valence-electron chi connectivity index (χ2n) is 3.85. The molecule has 0 aromatic heterocycles. The van der Waals surface area contributed by atoms with Crippen LogP contribution in [0.2, 0.25) is 0 Å². The highest BCUT2D eigenvalue weighted by Crippen LogP contribution is 2.21. The number of sulfone groups is 1. The van der Waals surface area contributed by atoms with E-state index in [4.69, 9.17) is 11.6 Å². The van der Waals surface area contributed by atoms with Crippen molar-refractivity contribution in [3.63, 3.8) is 0 Å². The van der Waals surface area contributed by atoms with Crippen LogP contribution in [0.5, 0.6) is 0 Å². The lowest BCUT2D eigenvalue weighted by Gasteiger charge is -2.10. The van der Waals surface area contributed by atoms with Gasteiger partial charge in [-0.25, -0.2) is 8.42 Å². The lowest BCUT2D eigenvalue weighted by atomic mass is 9.99. The summed E-state index contributed by atoms with van der Waals surface area (Å²) in [6.07, 6.45) is 0.904. The van der Waals surface area contributed by atoms with Crippen LogP contribution >= 0.6 is 11.6 Å². The van der Waals surface area contributed by atoms with Gasteiger partial charge in [-0.1, -0.05) is 26.0 Å². The lowest BCUT2D eigenvalue weighted by molar-refractivity contribution is 0.597. The molecule has 0 aliphatic rings. The molecule has 1 rings (SSSR count). The van der Waals surface area contributed by atoms with Gasteiger partial charge in [0, 0.05) is 5.88 Å². The Bertz CT molecular complexity index is 423. The number of hydrogen-bond acceptors (Lipinski definition) is 2. The van der Waals surface area contributed by atoms with E-state index in [-0.39, 0.29) is 5.75 Å². The van der Waals surface area contributed by atoms with Crippen molar-refractivity contribution < 1.29 is 8.42 Å². The molecule has 0 saturated heterocycles. The van der Waals surface area contributed by atoms with E-state index in [0.717, 1.165) is 12.0 Å². The van der Waals surface area contributed by atoms with Gasteiger partial charge in [-0.15, -0.1) is 11.6 Å². The predicted molar refractivity (Wildman–Crippen MR) is 67.9 cm³/mol. The molecule has 0 radical (unpaired) electrons. The molecule has 1 aromatic carbocycles. The smallest absolute Gasteiger partial charge is 0.178 e. The summed E-state index contributed by atoms with van der Waals surface area (Å²) >= 11 is 5.68. The molecule has 16 heavy (non-hydrogen) atoms. The Hall–Kier alpha value is -0.540. The summed E-state index contributed by atoms with van der Waals surface area (Å²) in [5.74, 6) is 1.13. The average molecular weight is 261 g/mol. The predicted octanol–water partition coefficient (Wildman–Crippen LogP) is 3.21. The molecule has 4 heteroatoms. The van der Waals surface area contributed by atoms with Gasteiger partial charge >= 0.3 is 0 Å². The average Bonchev–Trinajstić information content (AvgIpc) is 2.29. The summed E-state index contributed by atoms with van der Waals surface area (Å²) in [5.41, 5.74) is 1.13. The minimum Gasteiger partial charge on any atom is -0.224 e. The molecular weight excluding hydrogens is 244 g/mol. The maximum Gasteiger partial charge on any atom is 0.178 e. The Morgan fingerprint density at radius 1 is 1.25 bits per heavy atom. The topological polar surface area (TPSA) is 34.1 Å². The first-order valence-electron chi connectivity index (χ1n) is 5.40. The molecule has 0 aliphatic heterocycles. The normalized spacial score (nSPS) is 13.7. The van der Waals surface area contributed by atoms with Gasteiger partial charge in [0.15, 0.2) is 9.84 Å². The largest absolute Gasteiger partial charge is 0.224 e. The number of benzene rings is 1. The summed E-state index contributed by atoms with van der Waals surface area (Å²) < 4.78 is 23.2. The number of rotatable bonds is 5. The van der Waals surface area contributed by atoms with Crippen LogP contribution in [0.15, 0.2) is 29.2 Å². The van der Waals surface area contributed by atoms with Crippen molar-refractivity contribution >= 4 is 21.4 Å². The van der Waals surface area contributed by atoms with Crippen LogP contribution in [0.25, 0.3) is 0 Å². The molecule has 0 aliphatic carbocycles. The summed E-state index contributed by atoms with van der Waals surface area (Å²) in [6.45, 7) is 3.74. The van der Waals surface area contributed by atoms with Crippen LogP contribution in [0, 0.1) is 0 Å². The third-order valence-corrected chi connectivity index (χ3v) is 4.70. The van der Waals surface area contributed by atoms with Crippen molar-refractivity contribution in [2.45, 2.75) is 31.1 Å². The second kappa shape index (κ2) is 5.69. The maximum absolute atomic E-state index is 11.6. The van der Waals surface area contributed by atoms with E-state index >= 15 is 0 Å². The molecule has 1 atom stereocenters. The van der Waals surface area contributed by atoms with E-state index in [0.29, 0.717) is 16.7 Å². The summed E-state index contributed by atoms with van der Waals surface area (Å²) in [7, 11) is -3.08. The van der Waals surface area contributed by atoms with Gasteiger partial charge in [0.25, 0.3) is 0 Å². The van der Waals surface area contributed by atoms with Crippen molar-refractivity contribution in [1.82, 2.24) is 0 Å². The molecule has 90 valence electrons. The third-order valence-electron chi connectivity index (χ3n) is 2.73. The molecule has 1 aromatic rings. The van der Waals surface area contributed by atoms with E-state index in [2.05, 4.69) is 6.92 Å². The summed E-state index contributed by atoms with van der Waals surface area (Å²) in [4.78, 5) is 0.400. The van der Waals surface area contributed by atoms with E-state index in [1.165, 1.54) is 0 Å². The lowest BCUT2D eigenvalue weighted by Crippen LogP contribution is -2.04. The maximum atomic E-state index is 11.6. The first-order valence-corrected chi connectivity index (χ1v) is 7.58. The molecule has 0 spiro atoms. The van der Waals surface area contributed by atoms with Crippen LogP contribution in [-0.4, -0.2) is 20.1 Å². The van der Waals surface area contributed by atoms with Crippen molar-refractivity contribution in [2.24, 2.45) is 0 Å². The highest BCUT2D eigenvalue weighted by Gasteiger charge is 2.12.